The van der Waals surface area contributed by atoms with Crippen LogP contribution in [0, 0.1) is 0 Å². The summed E-state index contributed by atoms with van der Waals surface area (Å²) < 4.78 is 47.8. The van der Waals surface area contributed by atoms with Crippen molar-refractivity contribution in [2.24, 2.45) is 5.14 Å². The van der Waals surface area contributed by atoms with Gasteiger partial charge in [0.15, 0.2) is 0 Å². The second kappa shape index (κ2) is 5.83. The summed E-state index contributed by atoms with van der Waals surface area (Å²) in [5, 5.41) is 4.95. The van der Waals surface area contributed by atoms with Gasteiger partial charge in [0.1, 0.15) is 0 Å². The van der Waals surface area contributed by atoms with E-state index in [9.17, 15) is 16.8 Å². The molecule has 0 heterocycles. The number of nitrogens with zero attached hydrogens (tertiary/aromatic N) is 1. The highest BCUT2D eigenvalue weighted by Gasteiger charge is 2.22. The van der Waals surface area contributed by atoms with Crippen molar-refractivity contribution in [1.29, 1.82) is 0 Å². The van der Waals surface area contributed by atoms with E-state index in [4.69, 9.17) is 5.14 Å². The van der Waals surface area contributed by atoms with Crippen LogP contribution < -0.4 is 5.14 Å². The van der Waals surface area contributed by atoms with Crippen molar-refractivity contribution in [2.45, 2.75) is 16.7 Å². The molecule has 0 aliphatic rings. The van der Waals surface area contributed by atoms with Gasteiger partial charge >= 0.3 is 0 Å². The van der Waals surface area contributed by atoms with Crippen molar-refractivity contribution in [3.63, 3.8) is 0 Å². The number of rotatable bonds is 6. The predicted octanol–water partition coefficient (Wildman–Crippen LogP) is 0.531. The smallest absolute Gasteiger partial charge is 0.225 e. The molecule has 0 aliphatic carbocycles. The van der Waals surface area contributed by atoms with Crippen LogP contribution in [0.15, 0.2) is 46.7 Å². The van der Waals surface area contributed by atoms with Gasteiger partial charge in [0.05, 0.1) is 9.79 Å². The minimum Gasteiger partial charge on any atom is -0.225 e. The second-order valence-electron chi connectivity index (χ2n) is 3.76. The number of primary sulfonamides is 1. The highest BCUT2D eigenvalue weighted by molar-refractivity contribution is 7.89. The molecule has 0 atom stereocenters. The second-order valence-corrected chi connectivity index (χ2v) is 7.26. The largest absolute Gasteiger partial charge is 0.243 e. The molecule has 106 valence electrons. The molecule has 0 saturated heterocycles. The van der Waals surface area contributed by atoms with Crippen LogP contribution in [0.2, 0.25) is 0 Å². The van der Waals surface area contributed by atoms with E-state index in [0.717, 1.165) is 0 Å². The molecule has 0 saturated carbocycles. The summed E-state index contributed by atoms with van der Waals surface area (Å²) >= 11 is 0. The average Bonchev–Trinajstić information content (AvgIpc) is 2.34. The number of hydrogen-bond donors (Lipinski definition) is 1. The first-order chi connectivity index (χ1) is 8.73. The zero-order chi connectivity index (χ0) is 14.7. The molecule has 0 radical (unpaired) electrons. The van der Waals surface area contributed by atoms with Crippen molar-refractivity contribution in [1.82, 2.24) is 4.31 Å². The summed E-state index contributed by atoms with van der Waals surface area (Å²) in [6.45, 7) is 5.70. The van der Waals surface area contributed by atoms with Gasteiger partial charge in [-0.2, -0.15) is 4.31 Å². The zero-order valence-electron chi connectivity index (χ0n) is 10.5. The summed E-state index contributed by atoms with van der Waals surface area (Å²) in [5.74, 6) is 0. The van der Waals surface area contributed by atoms with Crippen LogP contribution in [0.4, 0.5) is 0 Å². The Labute approximate surface area is 113 Å². The molecule has 0 fully saturated rings. The van der Waals surface area contributed by atoms with Gasteiger partial charge in [-0.25, -0.2) is 22.0 Å². The summed E-state index contributed by atoms with van der Waals surface area (Å²) in [6.07, 6.45) is 1.49. The van der Waals surface area contributed by atoms with Crippen LogP contribution in [0.5, 0.6) is 0 Å². The normalized spacial score (nSPS) is 12.6. The topological polar surface area (TPSA) is 97.5 Å². The monoisotopic (exact) mass is 304 g/mol. The molecule has 2 N–H and O–H groups in total. The van der Waals surface area contributed by atoms with Gasteiger partial charge in [-0.3, -0.25) is 0 Å². The Morgan fingerprint density at radius 1 is 1.16 bits per heavy atom. The van der Waals surface area contributed by atoms with E-state index in [1.165, 1.54) is 34.6 Å². The van der Waals surface area contributed by atoms with E-state index in [-0.39, 0.29) is 16.3 Å². The van der Waals surface area contributed by atoms with Gasteiger partial charge in [0, 0.05) is 13.1 Å². The van der Waals surface area contributed by atoms with E-state index in [1.807, 2.05) is 0 Å². The molecule has 19 heavy (non-hydrogen) atoms. The molecule has 0 aromatic heterocycles. The van der Waals surface area contributed by atoms with Crippen molar-refractivity contribution in [2.75, 3.05) is 13.1 Å². The van der Waals surface area contributed by atoms with Crippen molar-refractivity contribution >= 4 is 20.0 Å². The number of sulfonamides is 2. The van der Waals surface area contributed by atoms with Crippen molar-refractivity contribution in [3.8, 4) is 0 Å². The average molecular weight is 304 g/mol. The maximum atomic E-state index is 12.2. The molecule has 0 spiro atoms. The third-order valence-corrected chi connectivity index (χ3v) is 5.36. The Balaban J connectivity index is 3.20. The van der Waals surface area contributed by atoms with Crippen LogP contribution in [-0.4, -0.2) is 34.2 Å². The van der Waals surface area contributed by atoms with Gasteiger partial charge in [0.2, 0.25) is 20.0 Å². The van der Waals surface area contributed by atoms with Crippen molar-refractivity contribution in [3.05, 3.63) is 36.9 Å². The number of likely N-dealkylation sites (N-methyl/N-ethyl adjacent to an activating group) is 1. The van der Waals surface area contributed by atoms with Gasteiger partial charge in [-0.05, 0) is 24.3 Å². The van der Waals surface area contributed by atoms with Gasteiger partial charge < -0.3 is 0 Å². The Kier molecular flexibility index (Phi) is 4.86. The third kappa shape index (κ3) is 3.63. The van der Waals surface area contributed by atoms with Crippen molar-refractivity contribution < 1.29 is 16.8 Å². The van der Waals surface area contributed by atoms with Crippen LogP contribution in [0.1, 0.15) is 6.92 Å². The molecule has 0 bridgehead atoms. The summed E-state index contributed by atoms with van der Waals surface area (Å²) in [6, 6.07) is 4.79. The molecule has 1 rings (SSSR count). The minimum atomic E-state index is -3.83. The SMILES string of the molecule is C=CCN(CC)S(=O)(=O)c1ccc(S(N)(=O)=O)cc1. The minimum absolute atomic E-state index is 0.0172. The van der Waals surface area contributed by atoms with E-state index < -0.39 is 20.0 Å². The van der Waals surface area contributed by atoms with Crippen LogP contribution >= 0.6 is 0 Å². The van der Waals surface area contributed by atoms with E-state index in [1.54, 1.807) is 6.92 Å². The fourth-order valence-electron chi connectivity index (χ4n) is 1.49. The molecule has 1 aromatic rings. The third-order valence-electron chi connectivity index (χ3n) is 2.48. The van der Waals surface area contributed by atoms with E-state index in [0.29, 0.717) is 6.54 Å². The molecule has 8 heteroatoms. The molecule has 0 aliphatic heterocycles. The molecular weight excluding hydrogens is 288 g/mol. The quantitative estimate of drug-likeness (QED) is 0.775. The van der Waals surface area contributed by atoms with E-state index in [2.05, 4.69) is 6.58 Å². The maximum Gasteiger partial charge on any atom is 0.243 e. The van der Waals surface area contributed by atoms with Crippen LogP contribution in [-0.2, 0) is 20.0 Å². The predicted molar refractivity (Wildman–Crippen MR) is 72.4 cm³/mol. The van der Waals surface area contributed by atoms with Gasteiger partial charge in [-0.15, -0.1) is 6.58 Å². The lowest BCUT2D eigenvalue weighted by atomic mass is 10.4. The Hall–Kier alpha value is -1.22. The lowest BCUT2D eigenvalue weighted by molar-refractivity contribution is 0.460. The maximum absolute atomic E-state index is 12.2. The van der Waals surface area contributed by atoms with Gasteiger partial charge in [-0.1, -0.05) is 13.0 Å². The lowest BCUT2D eigenvalue weighted by Gasteiger charge is -2.18. The van der Waals surface area contributed by atoms with Crippen LogP contribution in [0.3, 0.4) is 0 Å². The Morgan fingerprint density at radius 2 is 1.63 bits per heavy atom. The lowest BCUT2D eigenvalue weighted by Crippen LogP contribution is -2.31. The number of benzene rings is 1. The first-order valence-corrected chi connectivity index (χ1v) is 8.46. The highest BCUT2D eigenvalue weighted by atomic mass is 32.2. The van der Waals surface area contributed by atoms with Gasteiger partial charge in [0.25, 0.3) is 0 Å². The summed E-state index contributed by atoms with van der Waals surface area (Å²) in [7, 11) is -7.47. The standard InChI is InChI=1S/C11H16N2O4S2/c1-3-9-13(4-2)19(16,17)11-7-5-10(6-8-11)18(12,14)15/h3,5-8H,1,4,9H2,2H3,(H2,12,14,15). The fraction of sp³-hybridized carbons (Fsp3) is 0.273. The summed E-state index contributed by atoms with van der Waals surface area (Å²) in [5.41, 5.74) is 0. The first kappa shape index (κ1) is 15.8. The molecule has 0 unspecified atom stereocenters. The molecular formula is C11H16N2O4S2. The number of hydrogen-bond acceptors (Lipinski definition) is 4. The highest BCUT2D eigenvalue weighted by Crippen LogP contribution is 2.17. The van der Waals surface area contributed by atoms with E-state index >= 15 is 0 Å². The fourth-order valence-corrected chi connectivity index (χ4v) is 3.43. The Bertz CT molecular complexity index is 648. The first-order valence-electron chi connectivity index (χ1n) is 5.47. The Morgan fingerprint density at radius 3 is 2.00 bits per heavy atom. The zero-order valence-corrected chi connectivity index (χ0v) is 12.1. The summed E-state index contributed by atoms with van der Waals surface area (Å²) in [4.78, 5) is -0.109. The number of nitrogens with two attached hydrogens (primary N) is 1. The molecule has 1 aromatic carbocycles. The molecule has 6 nitrogen and oxygen atoms in total. The molecule has 0 amide bonds. The van der Waals surface area contributed by atoms with Crippen LogP contribution in [0.25, 0.3) is 0 Å².